The predicted molar refractivity (Wildman–Crippen MR) is 141 cm³/mol. The van der Waals surface area contributed by atoms with Crippen LogP contribution in [0, 0.1) is 12.8 Å². The molecule has 0 radical (unpaired) electrons. The van der Waals surface area contributed by atoms with Gasteiger partial charge >= 0.3 is 0 Å². The van der Waals surface area contributed by atoms with E-state index in [1.165, 1.54) is 24.0 Å². The lowest BCUT2D eigenvalue weighted by molar-refractivity contribution is -0.142. The first kappa shape index (κ1) is 25.2. The minimum Gasteiger partial charge on any atom is -0.497 e. The number of ether oxygens (including phenoxy) is 1. The van der Waals surface area contributed by atoms with Crippen LogP contribution in [-0.2, 0) is 16.6 Å². The molecule has 4 unspecified atom stereocenters. The number of aryl methyl sites for hydroxylation is 1. The van der Waals surface area contributed by atoms with Gasteiger partial charge in [0.25, 0.3) is 0 Å². The summed E-state index contributed by atoms with van der Waals surface area (Å²) in [5.74, 6) is 1.67. The molecule has 1 aliphatic carbocycles. The minimum absolute atomic E-state index is 0.00532. The molecule has 6 nitrogen and oxygen atoms in total. The van der Waals surface area contributed by atoms with Crippen LogP contribution in [-0.4, -0.2) is 70.2 Å². The van der Waals surface area contributed by atoms with Crippen LogP contribution in [0.1, 0.15) is 62.8 Å². The van der Waals surface area contributed by atoms with E-state index in [9.17, 15) is 9.90 Å². The molecule has 3 heterocycles. The highest BCUT2D eigenvalue weighted by Gasteiger charge is 2.61. The number of likely N-dealkylation sites (tertiary alicyclic amines) is 2. The highest BCUT2D eigenvalue weighted by Crippen LogP contribution is 2.54. The second-order valence-electron chi connectivity index (χ2n) is 11.4. The van der Waals surface area contributed by atoms with E-state index in [4.69, 9.17) is 4.74 Å². The number of amides is 1. The molecule has 1 saturated carbocycles. The first-order valence-electron chi connectivity index (χ1n) is 13.6. The molecule has 2 saturated heterocycles. The van der Waals surface area contributed by atoms with Crippen molar-refractivity contribution in [1.82, 2.24) is 14.8 Å². The summed E-state index contributed by atoms with van der Waals surface area (Å²) in [7, 11) is 1.70. The number of aliphatic hydroxyl groups is 1. The third-order valence-electron chi connectivity index (χ3n) is 9.34. The van der Waals surface area contributed by atoms with Crippen molar-refractivity contribution < 1.29 is 14.6 Å². The van der Waals surface area contributed by atoms with Crippen molar-refractivity contribution in [1.29, 1.82) is 0 Å². The summed E-state index contributed by atoms with van der Waals surface area (Å²) >= 11 is 0. The summed E-state index contributed by atoms with van der Waals surface area (Å²) < 4.78 is 5.63. The number of benzene rings is 1. The summed E-state index contributed by atoms with van der Waals surface area (Å²) in [6.45, 7) is 9.12. The number of hydrogen-bond donors (Lipinski definition) is 1. The monoisotopic (exact) mass is 491 g/mol. The summed E-state index contributed by atoms with van der Waals surface area (Å²) in [5.41, 5.74) is 1.74. The van der Waals surface area contributed by atoms with Gasteiger partial charge in [0.1, 0.15) is 5.75 Å². The molecule has 1 amide bonds. The average Bonchev–Trinajstić information content (AvgIpc) is 3.69. The first-order chi connectivity index (χ1) is 17.3. The van der Waals surface area contributed by atoms with Crippen LogP contribution in [0.2, 0.25) is 0 Å². The maximum absolute atomic E-state index is 13.5. The lowest BCUT2D eigenvalue weighted by Crippen LogP contribution is -2.68. The fraction of sp³-hybridized carbons (Fsp3) is 0.600. The van der Waals surface area contributed by atoms with E-state index in [1.807, 2.05) is 29.2 Å². The molecule has 5 rings (SSSR count). The zero-order valence-corrected chi connectivity index (χ0v) is 22.2. The van der Waals surface area contributed by atoms with Crippen molar-refractivity contribution in [2.24, 2.45) is 5.92 Å². The maximum Gasteiger partial charge on any atom is 0.228 e. The van der Waals surface area contributed by atoms with Gasteiger partial charge in [-0.1, -0.05) is 12.1 Å². The van der Waals surface area contributed by atoms with Crippen molar-refractivity contribution in [2.75, 3.05) is 26.7 Å². The normalized spacial score (nSPS) is 31.0. The third-order valence-corrected chi connectivity index (χ3v) is 9.34. The highest BCUT2D eigenvalue weighted by atomic mass is 16.5. The van der Waals surface area contributed by atoms with Crippen molar-refractivity contribution in [3.63, 3.8) is 0 Å². The third kappa shape index (κ3) is 4.43. The molecule has 4 atom stereocenters. The highest BCUT2D eigenvalue weighted by molar-refractivity contribution is 5.78. The Labute approximate surface area is 215 Å². The van der Waals surface area contributed by atoms with Gasteiger partial charge in [0.15, 0.2) is 0 Å². The summed E-state index contributed by atoms with van der Waals surface area (Å²) in [5, 5.41) is 12.9. The van der Waals surface area contributed by atoms with Gasteiger partial charge in [-0.2, -0.15) is 0 Å². The van der Waals surface area contributed by atoms with E-state index in [1.54, 1.807) is 13.3 Å². The molecular formula is C30H41N3O3. The number of methoxy groups -OCH3 is 1. The molecule has 3 aliphatic rings. The Morgan fingerprint density at radius 3 is 2.64 bits per heavy atom. The second-order valence-corrected chi connectivity index (χ2v) is 11.4. The number of hydrogen-bond acceptors (Lipinski definition) is 5. The molecule has 6 heteroatoms. The fourth-order valence-electron chi connectivity index (χ4n) is 7.00. The number of aromatic nitrogens is 1. The van der Waals surface area contributed by atoms with Crippen molar-refractivity contribution >= 4 is 5.91 Å². The molecule has 2 aromatic rings. The molecule has 1 aromatic heterocycles. The molecule has 194 valence electrons. The molecule has 0 spiro atoms. The smallest absolute Gasteiger partial charge is 0.228 e. The molecule has 0 bridgehead atoms. The van der Waals surface area contributed by atoms with Crippen LogP contribution < -0.4 is 4.74 Å². The lowest BCUT2D eigenvalue weighted by Gasteiger charge is -2.58. The number of pyridine rings is 1. The Morgan fingerprint density at radius 2 is 1.94 bits per heavy atom. The Hall–Kier alpha value is -2.44. The van der Waals surface area contributed by atoms with Gasteiger partial charge in [-0.3, -0.25) is 14.7 Å². The van der Waals surface area contributed by atoms with E-state index in [0.29, 0.717) is 13.0 Å². The number of rotatable bonds is 6. The Bertz CT molecular complexity index is 1090. The van der Waals surface area contributed by atoms with Gasteiger partial charge in [-0.05, 0) is 101 Å². The topological polar surface area (TPSA) is 65.9 Å². The Morgan fingerprint density at radius 1 is 1.17 bits per heavy atom. The zero-order valence-electron chi connectivity index (χ0n) is 22.2. The molecule has 36 heavy (non-hydrogen) atoms. The molecule has 1 aromatic carbocycles. The lowest BCUT2D eigenvalue weighted by atomic mass is 9.56. The van der Waals surface area contributed by atoms with Crippen molar-refractivity contribution in [3.05, 3.63) is 59.4 Å². The van der Waals surface area contributed by atoms with Crippen LogP contribution in [0.25, 0.3) is 0 Å². The number of nitrogens with zero attached hydrogens (tertiary/aromatic N) is 3. The molecule has 2 aliphatic heterocycles. The van der Waals surface area contributed by atoms with Gasteiger partial charge < -0.3 is 14.7 Å². The average molecular weight is 492 g/mol. The van der Waals surface area contributed by atoms with E-state index in [0.717, 1.165) is 43.3 Å². The van der Waals surface area contributed by atoms with E-state index >= 15 is 0 Å². The quantitative estimate of drug-likeness (QED) is 0.658. The largest absolute Gasteiger partial charge is 0.497 e. The van der Waals surface area contributed by atoms with Crippen molar-refractivity contribution in [3.8, 4) is 5.75 Å². The molecule has 3 fully saturated rings. The Balaban J connectivity index is 1.53. The van der Waals surface area contributed by atoms with E-state index in [2.05, 4.69) is 42.8 Å². The standard InChI is InChI=1S/C30H41N3O3/c1-21-8-11-26(36-4)18-27(21)29-12-15-32(20-24-9-10-24)23(3)30(29,35)19-22(2)33(16-13-29)28(34)17-25-7-5-6-14-31-25/h5-8,11,14,18,22-24,35H,9-10,12-13,15-17,19-20H2,1-4H3. The second kappa shape index (κ2) is 9.79. The predicted octanol–water partition coefficient (Wildman–Crippen LogP) is 4.13. The Kier molecular flexibility index (Phi) is 6.86. The zero-order chi connectivity index (χ0) is 25.5. The van der Waals surface area contributed by atoms with E-state index in [-0.39, 0.29) is 24.4 Å². The van der Waals surface area contributed by atoms with Crippen LogP contribution in [0.4, 0.5) is 0 Å². The SMILES string of the molecule is COc1ccc(C)c(C23CCN(CC4CC4)C(C)C2(O)CC(C)N(C(=O)Cc2ccccn2)CC3)c1. The summed E-state index contributed by atoms with van der Waals surface area (Å²) in [4.78, 5) is 22.4. The van der Waals surface area contributed by atoms with Gasteiger partial charge in [0, 0.05) is 42.5 Å². The molecule has 1 N–H and O–H groups in total. The summed E-state index contributed by atoms with van der Waals surface area (Å²) in [6, 6.07) is 11.9. The van der Waals surface area contributed by atoms with Crippen LogP contribution in [0.3, 0.4) is 0 Å². The molecular weight excluding hydrogens is 450 g/mol. The first-order valence-corrected chi connectivity index (χ1v) is 13.6. The van der Waals surface area contributed by atoms with Gasteiger partial charge in [0.2, 0.25) is 5.91 Å². The van der Waals surface area contributed by atoms with Crippen LogP contribution in [0.5, 0.6) is 5.75 Å². The number of fused-ring (bicyclic) bond motifs is 1. The fourth-order valence-corrected chi connectivity index (χ4v) is 7.00. The minimum atomic E-state index is -0.962. The summed E-state index contributed by atoms with van der Waals surface area (Å²) in [6.07, 6.45) is 6.80. The van der Waals surface area contributed by atoms with E-state index < -0.39 is 11.0 Å². The van der Waals surface area contributed by atoms with Gasteiger partial charge in [0.05, 0.1) is 19.1 Å². The van der Waals surface area contributed by atoms with Crippen LogP contribution >= 0.6 is 0 Å². The number of carbonyl (C=O) groups excluding carboxylic acids is 1. The maximum atomic E-state index is 13.5. The number of piperidine rings is 1. The van der Waals surface area contributed by atoms with Gasteiger partial charge in [-0.25, -0.2) is 0 Å². The number of carbonyl (C=O) groups is 1. The van der Waals surface area contributed by atoms with Crippen molar-refractivity contribution in [2.45, 2.75) is 82.4 Å². The van der Waals surface area contributed by atoms with Crippen LogP contribution in [0.15, 0.2) is 42.6 Å². The van der Waals surface area contributed by atoms with Gasteiger partial charge in [-0.15, -0.1) is 0 Å².